The number of carbonyl (C=O) groups is 1. The third kappa shape index (κ3) is 15.2. The van der Waals surface area contributed by atoms with Gasteiger partial charge in [-0.05, 0) is 19.3 Å². The summed E-state index contributed by atoms with van der Waals surface area (Å²) in [4.78, 5) is 10.3. The molecule has 0 aromatic rings. The number of unbranched alkanes of at least 4 members (excludes halogenated alkanes) is 8. The predicted octanol–water partition coefficient (Wildman–Crippen LogP) is 3.52. The maximum absolute atomic E-state index is 10.3. The Labute approximate surface area is 105 Å². The molecular formula is C14H26O3. The summed E-state index contributed by atoms with van der Waals surface area (Å²) in [6, 6.07) is 0. The summed E-state index contributed by atoms with van der Waals surface area (Å²) in [6.45, 7) is 0.149. The Hall–Kier alpha value is -0.830. The molecule has 0 saturated carbocycles. The van der Waals surface area contributed by atoms with E-state index in [1.807, 2.05) is 6.08 Å². The molecular weight excluding hydrogens is 216 g/mol. The summed E-state index contributed by atoms with van der Waals surface area (Å²) in [5.74, 6) is -0.680. The molecule has 0 fully saturated rings. The van der Waals surface area contributed by atoms with Gasteiger partial charge in [-0.1, -0.05) is 50.7 Å². The molecule has 2 N–H and O–H groups in total. The van der Waals surface area contributed by atoms with Crippen molar-refractivity contribution in [3.05, 3.63) is 12.2 Å². The van der Waals surface area contributed by atoms with Crippen LogP contribution in [0.25, 0.3) is 0 Å². The Morgan fingerprint density at radius 1 is 0.824 bits per heavy atom. The van der Waals surface area contributed by atoms with Gasteiger partial charge in [-0.3, -0.25) is 4.79 Å². The molecule has 0 radical (unpaired) electrons. The molecule has 0 spiro atoms. The van der Waals surface area contributed by atoms with Crippen LogP contribution in [0, 0.1) is 0 Å². The summed E-state index contributed by atoms with van der Waals surface area (Å²) >= 11 is 0. The number of hydrogen-bond donors (Lipinski definition) is 2. The van der Waals surface area contributed by atoms with Crippen molar-refractivity contribution < 1.29 is 15.0 Å². The van der Waals surface area contributed by atoms with Gasteiger partial charge in [0.15, 0.2) is 0 Å². The summed E-state index contributed by atoms with van der Waals surface area (Å²) in [5, 5.41) is 17.0. The summed E-state index contributed by atoms with van der Waals surface area (Å²) in [5.41, 5.74) is 0. The molecule has 0 aromatic carbocycles. The molecule has 0 amide bonds. The number of hydrogen-bond acceptors (Lipinski definition) is 2. The predicted molar refractivity (Wildman–Crippen MR) is 70.0 cm³/mol. The van der Waals surface area contributed by atoms with Crippen LogP contribution in [0.4, 0.5) is 0 Å². The number of rotatable bonds is 12. The molecule has 0 aromatic heterocycles. The van der Waals surface area contributed by atoms with Gasteiger partial charge in [0, 0.05) is 6.42 Å². The smallest absolute Gasteiger partial charge is 0.303 e. The molecule has 0 rings (SSSR count). The van der Waals surface area contributed by atoms with Crippen LogP contribution >= 0.6 is 0 Å². The van der Waals surface area contributed by atoms with E-state index in [-0.39, 0.29) is 6.61 Å². The largest absolute Gasteiger partial charge is 0.481 e. The molecule has 0 atom stereocenters. The van der Waals surface area contributed by atoms with Crippen LogP contribution in [-0.2, 0) is 4.79 Å². The fourth-order valence-electron chi connectivity index (χ4n) is 1.79. The van der Waals surface area contributed by atoms with Gasteiger partial charge >= 0.3 is 5.97 Å². The average Bonchev–Trinajstić information content (AvgIpc) is 2.30. The second-order valence-electron chi connectivity index (χ2n) is 4.41. The van der Waals surface area contributed by atoms with E-state index in [1.165, 1.54) is 32.1 Å². The van der Waals surface area contributed by atoms with Crippen molar-refractivity contribution in [2.45, 2.75) is 64.2 Å². The molecule has 0 bridgehead atoms. The van der Waals surface area contributed by atoms with Gasteiger partial charge < -0.3 is 10.2 Å². The van der Waals surface area contributed by atoms with E-state index in [9.17, 15) is 4.79 Å². The minimum atomic E-state index is -0.680. The third-order valence-electron chi connectivity index (χ3n) is 2.78. The first-order valence-corrected chi connectivity index (χ1v) is 6.75. The number of aliphatic hydroxyl groups excluding tert-OH is 1. The first-order chi connectivity index (χ1) is 8.27. The van der Waals surface area contributed by atoms with Gasteiger partial charge in [0.1, 0.15) is 0 Å². The Bertz CT molecular complexity index is 200. The van der Waals surface area contributed by atoms with Crippen LogP contribution in [0.3, 0.4) is 0 Å². The van der Waals surface area contributed by atoms with Crippen molar-refractivity contribution in [1.82, 2.24) is 0 Å². The van der Waals surface area contributed by atoms with Gasteiger partial charge in [0.05, 0.1) is 6.61 Å². The van der Waals surface area contributed by atoms with Crippen LogP contribution in [0.2, 0.25) is 0 Å². The van der Waals surface area contributed by atoms with Gasteiger partial charge in [0.2, 0.25) is 0 Å². The number of aliphatic carboxylic acids is 1. The first kappa shape index (κ1) is 16.2. The maximum Gasteiger partial charge on any atom is 0.303 e. The zero-order valence-electron chi connectivity index (χ0n) is 10.7. The Morgan fingerprint density at radius 3 is 1.88 bits per heavy atom. The van der Waals surface area contributed by atoms with Crippen LogP contribution in [0.15, 0.2) is 12.2 Å². The highest BCUT2D eigenvalue weighted by Gasteiger charge is 1.96. The molecule has 3 nitrogen and oxygen atoms in total. The Balaban J connectivity index is 2.98. The lowest BCUT2D eigenvalue weighted by Gasteiger charge is -2.00. The average molecular weight is 242 g/mol. The second-order valence-corrected chi connectivity index (χ2v) is 4.41. The fourth-order valence-corrected chi connectivity index (χ4v) is 1.79. The van der Waals surface area contributed by atoms with E-state index in [0.29, 0.717) is 6.42 Å². The maximum atomic E-state index is 10.3. The molecule has 0 heterocycles. The molecule has 0 aliphatic rings. The summed E-state index contributed by atoms with van der Waals surface area (Å²) < 4.78 is 0. The van der Waals surface area contributed by atoms with E-state index in [4.69, 9.17) is 10.2 Å². The highest BCUT2D eigenvalue weighted by molar-refractivity contribution is 5.66. The third-order valence-corrected chi connectivity index (χ3v) is 2.78. The quantitative estimate of drug-likeness (QED) is 0.406. The second kappa shape index (κ2) is 13.2. The van der Waals surface area contributed by atoms with E-state index in [0.717, 1.165) is 25.7 Å². The fraction of sp³-hybridized carbons (Fsp3) is 0.786. The molecule has 3 heteroatoms. The van der Waals surface area contributed by atoms with Crippen molar-refractivity contribution >= 4 is 5.97 Å². The molecule has 0 unspecified atom stereocenters. The molecule has 0 saturated heterocycles. The first-order valence-electron chi connectivity index (χ1n) is 6.75. The molecule has 100 valence electrons. The minimum absolute atomic E-state index is 0.149. The van der Waals surface area contributed by atoms with E-state index in [2.05, 4.69) is 0 Å². The van der Waals surface area contributed by atoms with Crippen molar-refractivity contribution in [2.75, 3.05) is 6.61 Å². The minimum Gasteiger partial charge on any atom is -0.481 e. The molecule has 0 aliphatic carbocycles. The van der Waals surface area contributed by atoms with E-state index >= 15 is 0 Å². The van der Waals surface area contributed by atoms with E-state index in [1.54, 1.807) is 6.08 Å². The standard InChI is InChI=1S/C14H26O3/c15-13-11-9-7-5-3-1-2-4-6-8-10-12-14(16)17/h9,11,15H,1-8,10,12-13H2,(H,16,17)/b11-9-. The van der Waals surface area contributed by atoms with Gasteiger partial charge in [-0.2, -0.15) is 0 Å². The SMILES string of the molecule is O=C(O)CCCCCCCCCC/C=C\CO. The Morgan fingerprint density at radius 2 is 1.35 bits per heavy atom. The normalized spacial score (nSPS) is 11.1. The van der Waals surface area contributed by atoms with E-state index < -0.39 is 5.97 Å². The topological polar surface area (TPSA) is 57.5 Å². The van der Waals surface area contributed by atoms with Crippen LogP contribution < -0.4 is 0 Å². The summed E-state index contributed by atoms with van der Waals surface area (Å²) in [7, 11) is 0. The van der Waals surface area contributed by atoms with Crippen molar-refractivity contribution in [3.63, 3.8) is 0 Å². The lowest BCUT2D eigenvalue weighted by Crippen LogP contribution is -1.93. The van der Waals surface area contributed by atoms with Crippen LogP contribution in [-0.4, -0.2) is 22.8 Å². The van der Waals surface area contributed by atoms with Crippen molar-refractivity contribution in [1.29, 1.82) is 0 Å². The highest BCUT2D eigenvalue weighted by Crippen LogP contribution is 2.10. The Kier molecular flexibility index (Phi) is 12.6. The van der Waals surface area contributed by atoms with Gasteiger partial charge in [0.25, 0.3) is 0 Å². The zero-order chi connectivity index (χ0) is 12.8. The number of allylic oxidation sites excluding steroid dienone is 1. The zero-order valence-corrected chi connectivity index (χ0v) is 10.7. The number of carboxylic acids is 1. The lowest BCUT2D eigenvalue weighted by atomic mass is 10.1. The monoisotopic (exact) mass is 242 g/mol. The van der Waals surface area contributed by atoms with Gasteiger partial charge in [-0.25, -0.2) is 0 Å². The molecule has 0 aliphatic heterocycles. The van der Waals surface area contributed by atoms with Gasteiger partial charge in [-0.15, -0.1) is 0 Å². The van der Waals surface area contributed by atoms with Crippen molar-refractivity contribution in [2.24, 2.45) is 0 Å². The lowest BCUT2D eigenvalue weighted by molar-refractivity contribution is -0.137. The summed E-state index contributed by atoms with van der Waals surface area (Å²) in [6.07, 6.45) is 14.5. The number of carboxylic acid groups (broad SMARTS) is 1. The van der Waals surface area contributed by atoms with Crippen molar-refractivity contribution in [3.8, 4) is 0 Å². The van der Waals surface area contributed by atoms with Crippen LogP contribution in [0.1, 0.15) is 64.2 Å². The molecule has 17 heavy (non-hydrogen) atoms. The number of aliphatic hydroxyl groups is 1. The van der Waals surface area contributed by atoms with Crippen LogP contribution in [0.5, 0.6) is 0 Å². The highest BCUT2D eigenvalue weighted by atomic mass is 16.4.